The number of benzene rings is 2. The predicted octanol–water partition coefficient (Wildman–Crippen LogP) is 4.93. The Kier molecular flexibility index (Phi) is 9.00. The Morgan fingerprint density at radius 2 is 1.67 bits per heavy atom. The van der Waals surface area contributed by atoms with Crippen molar-refractivity contribution in [1.29, 1.82) is 0 Å². The Hall–Kier alpha value is -2.24. The van der Waals surface area contributed by atoms with Crippen molar-refractivity contribution in [3.8, 4) is 5.75 Å². The third kappa shape index (κ3) is 6.38. The van der Waals surface area contributed by atoms with Crippen LogP contribution < -0.4 is 10.1 Å². The lowest BCUT2D eigenvalue weighted by Crippen LogP contribution is -2.50. The second-order valence-electron chi connectivity index (χ2n) is 7.15. The van der Waals surface area contributed by atoms with Crippen LogP contribution in [0.4, 0.5) is 0 Å². The van der Waals surface area contributed by atoms with Crippen LogP contribution >= 0.6 is 23.2 Å². The van der Waals surface area contributed by atoms with Gasteiger partial charge in [-0.3, -0.25) is 9.59 Å². The second-order valence-corrected chi connectivity index (χ2v) is 7.97. The van der Waals surface area contributed by atoms with Gasteiger partial charge >= 0.3 is 0 Å². The van der Waals surface area contributed by atoms with Crippen LogP contribution in [-0.2, 0) is 16.1 Å². The fraction of sp³-hybridized carbons (Fsp3) is 0.391. The number of hydrogen-bond acceptors (Lipinski definition) is 3. The molecule has 1 atom stereocenters. The molecule has 0 heterocycles. The molecule has 2 amide bonds. The highest BCUT2D eigenvalue weighted by atomic mass is 35.5. The molecule has 1 unspecified atom stereocenters. The summed E-state index contributed by atoms with van der Waals surface area (Å²) in [4.78, 5) is 27.3. The van der Waals surface area contributed by atoms with E-state index in [4.69, 9.17) is 27.9 Å². The molecule has 0 spiro atoms. The molecule has 0 fully saturated rings. The molecule has 0 aliphatic rings. The topological polar surface area (TPSA) is 58.6 Å². The number of ether oxygens (including phenoxy) is 1. The Bertz CT molecular complexity index is 862. The highest BCUT2D eigenvalue weighted by molar-refractivity contribution is 6.36. The van der Waals surface area contributed by atoms with Crippen molar-refractivity contribution in [2.45, 2.75) is 46.7 Å². The first-order valence-electron chi connectivity index (χ1n) is 9.97. The molecule has 0 saturated carbocycles. The number of nitrogens with zero attached hydrogens (tertiary/aromatic N) is 1. The summed E-state index contributed by atoms with van der Waals surface area (Å²) in [5.41, 5.74) is 2.69. The zero-order valence-electron chi connectivity index (χ0n) is 17.8. The first kappa shape index (κ1) is 24.0. The highest BCUT2D eigenvalue weighted by Crippen LogP contribution is 2.27. The number of carbonyl (C=O) groups is 2. The summed E-state index contributed by atoms with van der Waals surface area (Å²) >= 11 is 12.6. The maximum absolute atomic E-state index is 13.2. The molecule has 5 nitrogen and oxygen atoms in total. The largest absolute Gasteiger partial charge is 0.484 e. The number of hydrogen-bond donors (Lipinski definition) is 1. The summed E-state index contributed by atoms with van der Waals surface area (Å²) in [7, 11) is 0. The van der Waals surface area contributed by atoms with Gasteiger partial charge in [-0.15, -0.1) is 0 Å². The summed E-state index contributed by atoms with van der Waals surface area (Å²) in [6.45, 7) is 8.03. The van der Waals surface area contributed by atoms with Gasteiger partial charge in [-0.1, -0.05) is 42.3 Å². The van der Waals surface area contributed by atoms with E-state index in [9.17, 15) is 9.59 Å². The van der Waals surface area contributed by atoms with E-state index >= 15 is 0 Å². The van der Waals surface area contributed by atoms with E-state index in [-0.39, 0.29) is 25.0 Å². The van der Waals surface area contributed by atoms with E-state index in [1.807, 2.05) is 45.9 Å². The first-order valence-corrected chi connectivity index (χ1v) is 10.7. The van der Waals surface area contributed by atoms with Gasteiger partial charge in [-0.05, 0) is 62.6 Å². The van der Waals surface area contributed by atoms with Crippen molar-refractivity contribution >= 4 is 35.0 Å². The standard InChI is InChI=1S/C23H28Cl2N2O3/c1-5-21(23(29)26-6-2)27(13-18-19(24)8-7-9-20(18)25)22(28)14-30-17-11-15(3)10-16(4)12-17/h7-12,21H,5-6,13-14H2,1-4H3,(H,26,29). The van der Waals surface area contributed by atoms with E-state index < -0.39 is 6.04 Å². The zero-order valence-corrected chi connectivity index (χ0v) is 19.3. The molecule has 7 heteroatoms. The lowest BCUT2D eigenvalue weighted by molar-refractivity contribution is -0.142. The van der Waals surface area contributed by atoms with Gasteiger partial charge in [-0.2, -0.15) is 0 Å². The van der Waals surface area contributed by atoms with Gasteiger partial charge in [0.25, 0.3) is 5.91 Å². The van der Waals surface area contributed by atoms with E-state index in [1.165, 1.54) is 4.90 Å². The predicted molar refractivity (Wildman–Crippen MR) is 121 cm³/mol. The molecule has 2 aromatic rings. The Labute approximate surface area is 188 Å². The minimum Gasteiger partial charge on any atom is -0.484 e. The average molecular weight is 451 g/mol. The van der Waals surface area contributed by atoms with Gasteiger partial charge < -0.3 is 15.0 Å². The molecular weight excluding hydrogens is 423 g/mol. The fourth-order valence-electron chi connectivity index (χ4n) is 3.31. The smallest absolute Gasteiger partial charge is 0.261 e. The quantitative estimate of drug-likeness (QED) is 0.588. The normalized spacial score (nSPS) is 11.7. The van der Waals surface area contributed by atoms with E-state index in [2.05, 4.69) is 5.32 Å². The first-order chi connectivity index (χ1) is 14.3. The third-order valence-electron chi connectivity index (χ3n) is 4.68. The fourth-order valence-corrected chi connectivity index (χ4v) is 3.83. The van der Waals surface area contributed by atoms with Crippen molar-refractivity contribution in [3.05, 3.63) is 63.1 Å². The zero-order chi connectivity index (χ0) is 22.3. The van der Waals surface area contributed by atoms with Crippen LogP contribution in [0, 0.1) is 13.8 Å². The molecule has 2 rings (SSSR count). The Balaban J connectivity index is 2.28. The molecule has 0 aliphatic carbocycles. The average Bonchev–Trinajstić information content (AvgIpc) is 2.67. The number of likely N-dealkylation sites (N-methyl/N-ethyl adjacent to an activating group) is 1. The highest BCUT2D eigenvalue weighted by Gasteiger charge is 2.29. The van der Waals surface area contributed by atoms with Crippen molar-refractivity contribution in [1.82, 2.24) is 10.2 Å². The molecule has 162 valence electrons. The van der Waals surface area contributed by atoms with Crippen molar-refractivity contribution in [2.75, 3.05) is 13.2 Å². The number of aryl methyl sites for hydroxylation is 2. The Morgan fingerprint density at radius 3 is 2.20 bits per heavy atom. The van der Waals surface area contributed by atoms with Gasteiger partial charge in [-0.25, -0.2) is 0 Å². The van der Waals surface area contributed by atoms with Crippen LogP contribution in [0.25, 0.3) is 0 Å². The van der Waals surface area contributed by atoms with Crippen LogP contribution in [0.5, 0.6) is 5.75 Å². The van der Waals surface area contributed by atoms with Gasteiger partial charge in [0.15, 0.2) is 6.61 Å². The third-order valence-corrected chi connectivity index (χ3v) is 5.39. The second kappa shape index (κ2) is 11.2. The summed E-state index contributed by atoms with van der Waals surface area (Å²) in [6.07, 6.45) is 0.448. The molecule has 30 heavy (non-hydrogen) atoms. The van der Waals surface area contributed by atoms with Crippen LogP contribution in [0.3, 0.4) is 0 Å². The van der Waals surface area contributed by atoms with Crippen LogP contribution in [0.2, 0.25) is 10.0 Å². The van der Waals surface area contributed by atoms with Gasteiger partial charge in [0.2, 0.25) is 5.91 Å². The minimum atomic E-state index is -0.660. The van der Waals surface area contributed by atoms with Crippen LogP contribution in [-0.4, -0.2) is 35.9 Å². The van der Waals surface area contributed by atoms with Crippen molar-refractivity contribution in [3.63, 3.8) is 0 Å². The van der Waals surface area contributed by atoms with Crippen molar-refractivity contribution in [2.24, 2.45) is 0 Å². The maximum atomic E-state index is 13.2. The molecule has 0 saturated heterocycles. The van der Waals surface area contributed by atoms with Gasteiger partial charge in [0.05, 0.1) is 0 Å². The SMILES string of the molecule is CCNC(=O)C(CC)N(Cc1c(Cl)cccc1Cl)C(=O)COc1cc(C)cc(C)c1. The Morgan fingerprint density at radius 1 is 1.07 bits per heavy atom. The maximum Gasteiger partial charge on any atom is 0.261 e. The van der Waals surface area contributed by atoms with Gasteiger partial charge in [0, 0.05) is 28.7 Å². The molecular formula is C23H28Cl2N2O3. The van der Waals surface area contributed by atoms with E-state index in [0.717, 1.165) is 11.1 Å². The molecule has 0 aliphatic heterocycles. The number of halogens is 2. The number of nitrogens with one attached hydrogen (secondary N) is 1. The number of amides is 2. The summed E-state index contributed by atoms with van der Waals surface area (Å²) in [5.74, 6) is 0.0776. The summed E-state index contributed by atoms with van der Waals surface area (Å²) in [6, 6.07) is 10.3. The van der Waals surface area contributed by atoms with E-state index in [0.29, 0.717) is 34.3 Å². The molecule has 2 aromatic carbocycles. The van der Waals surface area contributed by atoms with Crippen molar-refractivity contribution < 1.29 is 14.3 Å². The lowest BCUT2D eigenvalue weighted by Gasteiger charge is -2.31. The molecule has 0 radical (unpaired) electrons. The number of rotatable bonds is 9. The van der Waals surface area contributed by atoms with Crippen LogP contribution in [0.1, 0.15) is 37.0 Å². The number of carbonyl (C=O) groups excluding carboxylic acids is 2. The van der Waals surface area contributed by atoms with Crippen LogP contribution in [0.15, 0.2) is 36.4 Å². The lowest BCUT2D eigenvalue weighted by atomic mass is 10.1. The molecule has 0 aromatic heterocycles. The monoisotopic (exact) mass is 450 g/mol. The van der Waals surface area contributed by atoms with Gasteiger partial charge in [0.1, 0.15) is 11.8 Å². The summed E-state index contributed by atoms with van der Waals surface area (Å²) < 4.78 is 5.75. The molecule has 1 N–H and O–H groups in total. The molecule has 0 bridgehead atoms. The minimum absolute atomic E-state index is 0.114. The van der Waals surface area contributed by atoms with E-state index in [1.54, 1.807) is 18.2 Å². The summed E-state index contributed by atoms with van der Waals surface area (Å²) in [5, 5.41) is 3.69.